The van der Waals surface area contributed by atoms with Crippen molar-refractivity contribution in [3.8, 4) is 0 Å². The highest BCUT2D eigenvalue weighted by molar-refractivity contribution is 7.99. The molecule has 4 nitrogen and oxygen atoms in total. The zero-order valence-corrected chi connectivity index (χ0v) is 10.5. The molecule has 0 aliphatic carbocycles. The van der Waals surface area contributed by atoms with Gasteiger partial charge in [-0.25, -0.2) is 0 Å². The third-order valence-electron chi connectivity index (χ3n) is 3.33. The minimum atomic E-state index is 0.532. The first-order valence-electron chi connectivity index (χ1n) is 6.01. The molecule has 0 aromatic carbocycles. The number of rotatable bonds is 2. The summed E-state index contributed by atoms with van der Waals surface area (Å²) < 4.78 is 2.14. The van der Waals surface area contributed by atoms with Crippen LogP contribution >= 0.6 is 11.8 Å². The Hall–Kier alpha value is -1.07. The van der Waals surface area contributed by atoms with E-state index in [4.69, 9.17) is 5.73 Å². The normalized spacial score (nSPS) is 17.7. The molecule has 0 amide bonds. The number of pyridine rings is 1. The molecule has 2 aromatic rings. The van der Waals surface area contributed by atoms with Gasteiger partial charge in [-0.1, -0.05) is 6.07 Å². The molecule has 0 unspecified atom stereocenters. The molecule has 2 N–H and O–H groups in total. The average molecular weight is 248 g/mol. The SMILES string of the molecule is NCc1cccc2nnc(C3CCSCC3)n12. The zero-order valence-electron chi connectivity index (χ0n) is 9.67. The summed E-state index contributed by atoms with van der Waals surface area (Å²) >= 11 is 2.03. The van der Waals surface area contributed by atoms with Crippen LogP contribution in [0.3, 0.4) is 0 Å². The smallest absolute Gasteiger partial charge is 0.161 e. The van der Waals surface area contributed by atoms with Gasteiger partial charge in [0.05, 0.1) is 0 Å². The lowest BCUT2D eigenvalue weighted by atomic mass is 10.0. The Balaban J connectivity index is 2.09. The largest absolute Gasteiger partial charge is 0.325 e. The lowest BCUT2D eigenvalue weighted by molar-refractivity contribution is 0.588. The monoisotopic (exact) mass is 248 g/mol. The fraction of sp³-hybridized carbons (Fsp3) is 0.500. The van der Waals surface area contributed by atoms with Crippen LogP contribution in [0.5, 0.6) is 0 Å². The predicted octanol–water partition coefficient (Wildman–Crippen LogP) is 1.80. The molecule has 1 saturated heterocycles. The van der Waals surface area contributed by atoms with Gasteiger partial charge in [0.1, 0.15) is 5.82 Å². The number of thioether (sulfide) groups is 1. The zero-order chi connectivity index (χ0) is 11.7. The van der Waals surface area contributed by atoms with Crippen LogP contribution in [-0.2, 0) is 6.54 Å². The molecule has 1 fully saturated rings. The van der Waals surface area contributed by atoms with Crippen LogP contribution in [0.25, 0.3) is 5.65 Å². The lowest BCUT2D eigenvalue weighted by Crippen LogP contribution is -2.14. The fourth-order valence-electron chi connectivity index (χ4n) is 2.41. The molecule has 3 rings (SSSR count). The van der Waals surface area contributed by atoms with Crippen LogP contribution in [0, 0.1) is 0 Å². The van der Waals surface area contributed by atoms with Crippen LogP contribution < -0.4 is 5.73 Å². The van der Waals surface area contributed by atoms with Crippen molar-refractivity contribution in [2.24, 2.45) is 5.73 Å². The standard InChI is InChI=1S/C12H16N4S/c13-8-10-2-1-3-11-14-15-12(16(10)11)9-4-6-17-7-5-9/h1-3,9H,4-8,13H2. The lowest BCUT2D eigenvalue weighted by Gasteiger charge is -2.20. The highest BCUT2D eigenvalue weighted by atomic mass is 32.2. The molecule has 0 radical (unpaired) electrons. The molecule has 3 heterocycles. The van der Waals surface area contributed by atoms with E-state index < -0.39 is 0 Å². The van der Waals surface area contributed by atoms with Gasteiger partial charge in [0.25, 0.3) is 0 Å². The van der Waals surface area contributed by atoms with E-state index in [2.05, 4.69) is 20.7 Å². The second-order valence-electron chi connectivity index (χ2n) is 4.36. The van der Waals surface area contributed by atoms with Crippen molar-refractivity contribution in [1.82, 2.24) is 14.6 Å². The van der Waals surface area contributed by atoms with E-state index in [9.17, 15) is 0 Å². The topological polar surface area (TPSA) is 56.2 Å². The Morgan fingerprint density at radius 2 is 2.12 bits per heavy atom. The van der Waals surface area contributed by atoms with Crippen molar-refractivity contribution in [3.05, 3.63) is 29.7 Å². The van der Waals surface area contributed by atoms with Crippen LogP contribution in [-0.4, -0.2) is 26.1 Å². The number of hydrogen-bond acceptors (Lipinski definition) is 4. The predicted molar refractivity (Wildman–Crippen MR) is 70.2 cm³/mol. The number of aromatic nitrogens is 3. The maximum Gasteiger partial charge on any atom is 0.161 e. The molecule has 5 heteroatoms. The third kappa shape index (κ3) is 1.93. The highest BCUT2D eigenvalue weighted by Gasteiger charge is 2.21. The molecule has 1 aliphatic heterocycles. The summed E-state index contributed by atoms with van der Waals surface area (Å²) in [4.78, 5) is 0. The first kappa shape index (κ1) is 11.0. The van der Waals surface area contributed by atoms with Crippen molar-refractivity contribution < 1.29 is 0 Å². The molecule has 17 heavy (non-hydrogen) atoms. The maximum atomic E-state index is 5.79. The van der Waals surface area contributed by atoms with Crippen molar-refractivity contribution in [2.75, 3.05) is 11.5 Å². The number of fused-ring (bicyclic) bond motifs is 1. The van der Waals surface area contributed by atoms with E-state index in [1.54, 1.807) is 0 Å². The van der Waals surface area contributed by atoms with Gasteiger partial charge in [0.2, 0.25) is 0 Å². The van der Waals surface area contributed by atoms with Gasteiger partial charge in [-0.2, -0.15) is 11.8 Å². The molecular weight excluding hydrogens is 232 g/mol. The van der Waals surface area contributed by atoms with E-state index in [1.165, 1.54) is 24.3 Å². The minimum absolute atomic E-state index is 0.532. The molecule has 1 aliphatic rings. The second-order valence-corrected chi connectivity index (χ2v) is 5.58. The Kier molecular flexibility index (Phi) is 3.03. The van der Waals surface area contributed by atoms with Crippen molar-refractivity contribution in [2.45, 2.75) is 25.3 Å². The summed E-state index contributed by atoms with van der Waals surface area (Å²) in [5.41, 5.74) is 7.81. The van der Waals surface area contributed by atoms with Gasteiger partial charge < -0.3 is 5.73 Å². The Labute approximate surface area is 105 Å². The van der Waals surface area contributed by atoms with E-state index >= 15 is 0 Å². The first-order chi connectivity index (χ1) is 8.40. The molecule has 0 spiro atoms. The summed E-state index contributed by atoms with van der Waals surface area (Å²) in [6, 6.07) is 6.04. The Morgan fingerprint density at radius 3 is 2.88 bits per heavy atom. The second kappa shape index (κ2) is 4.66. The van der Waals surface area contributed by atoms with Crippen LogP contribution in [0.15, 0.2) is 18.2 Å². The van der Waals surface area contributed by atoms with Crippen LogP contribution in [0.2, 0.25) is 0 Å². The maximum absolute atomic E-state index is 5.79. The molecule has 0 bridgehead atoms. The summed E-state index contributed by atoms with van der Waals surface area (Å²) in [5.74, 6) is 4.09. The van der Waals surface area contributed by atoms with E-state index in [1.807, 2.05) is 23.9 Å². The molecule has 90 valence electrons. The van der Waals surface area contributed by atoms with E-state index in [-0.39, 0.29) is 0 Å². The Bertz CT molecular complexity index is 516. The number of nitrogens with two attached hydrogens (primary N) is 1. The van der Waals surface area contributed by atoms with Crippen LogP contribution in [0.4, 0.5) is 0 Å². The molecular formula is C12H16N4S. The quantitative estimate of drug-likeness (QED) is 0.880. The van der Waals surface area contributed by atoms with Crippen LogP contribution in [0.1, 0.15) is 30.3 Å². The van der Waals surface area contributed by atoms with E-state index in [0.29, 0.717) is 12.5 Å². The number of hydrogen-bond donors (Lipinski definition) is 1. The summed E-state index contributed by atoms with van der Waals surface area (Å²) in [6.07, 6.45) is 2.40. The Morgan fingerprint density at radius 1 is 1.29 bits per heavy atom. The van der Waals surface area contributed by atoms with Crippen molar-refractivity contribution in [3.63, 3.8) is 0 Å². The number of nitrogens with zero attached hydrogens (tertiary/aromatic N) is 3. The highest BCUT2D eigenvalue weighted by Crippen LogP contribution is 2.31. The van der Waals surface area contributed by atoms with Gasteiger partial charge in [0, 0.05) is 18.2 Å². The van der Waals surface area contributed by atoms with Crippen molar-refractivity contribution in [1.29, 1.82) is 0 Å². The first-order valence-corrected chi connectivity index (χ1v) is 7.16. The van der Waals surface area contributed by atoms with Gasteiger partial charge in [-0.3, -0.25) is 4.40 Å². The van der Waals surface area contributed by atoms with Gasteiger partial charge >= 0.3 is 0 Å². The molecule has 0 saturated carbocycles. The fourth-order valence-corrected chi connectivity index (χ4v) is 3.52. The summed E-state index contributed by atoms with van der Waals surface area (Å²) in [7, 11) is 0. The van der Waals surface area contributed by atoms with Gasteiger partial charge in [-0.05, 0) is 36.5 Å². The molecule has 0 atom stereocenters. The van der Waals surface area contributed by atoms with E-state index in [0.717, 1.165) is 17.2 Å². The average Bonchev–Trinajstić information content (AvgIpc) is 2.83. The van der Waals surface area contributed by atoms with Gasteiger partial charge in [0.15, 0.2) is 5.65 Å². The molecule has 2 aromatic heterocycles. The van der Waals surface area contributed by atoms with Crippen molar-refractivity contribution >= 4 is 17.4 Å². The van der Waals surface area contributed by atoms with Gasteiger partial charge in [-0.15, -0.1) is 10.2 Å². The third-order valence-corrected chi connectivity index (χ3v) is 4.38. The minimum Gasteiger partial charge on any atom is -0.325 e. The summed E-state index contributed by atoms with van der Waals surface area (Å²) in [5, 5.41) is 8.63. The summed E-state index contributed by atoms with van der Waals surface area (Å²) in [6.45, 7) is 0.532.